The first kappa shape index (κ1) is 14.6. The van der Waals surface area contributed by atoms with Gasteiger partial charge in [-0.3, -0.25) is 4.79 Å². The van der Waals surface area contributed by atoms with E-state index in [4.69, 9.17) is 17.3 Å². The maximum atomic E-state index is 12.1. The average Bonchev–Trinajstić information content (AvgIpc) is 2.83. The van der Waals surface area contributed by atoms with E-state index in [0.717, 1.165) is 0 Å². The topological polar surface area (TPSA) is 92.4 Å². The summed E-state index contributed by atoms with van der Waals surface area (Å²) in [6.45, 7) is 0. The van der Waals surface area contributed by atoms with Crippen LogP contribution >= 0.6 is 11.6 Å². The minimum atomic E-state index is -1.17. The Morgan fingerprint density at radius 2 is 2.05 bits per heavy atom. The van der Waals surface area contributed by atoms with Gasteiger partial charge in [0.1, 0.15) is 0 Å². The predicted octanol–water partition coefficient (Wildman–Crippen LogP) is 1.49. The van der Waals surface area contributed by atoms with Gasteiger partial charge >= 0.3 is 5.97 Å². The van der Waals surface area contributed by atoms with Crippen LogP contribution in [-0.2, 0) is 9.59 Å². The van der Waals surface area contributed by atoms with Crippen molar-refractivity contribution in [3.63, 3.8) is 0 Å². The number of rotatable bonds is 4. The second kappa shape index (κ2) is 6.07. The first-order chi connectivity index (χ1) is 9.49. The summed E-state index contributed by atoms with van der Waals surface area (Å²) in [5.74, 6) is -1.91. The van der Waals surface area contributed by atoms with E-state index < -0.39 is 17.9 Å². The summed E-state index contributed by atoms with van der Waals surface area (Å²) < 4.78 is 0. The molecule has 0 saturated carbocycles. The minimum absolute atomic E-state index is 0.158. The third-order valence-electron chi connectivity index (χ3n) is 3.20. The fraction of sp³-hybridized carbons (Fsp3) is 0.286. The second-order valence-corrected chi connectivity index (χ2v) is 5.10. The molecule has 5 nitrogen and oxygen atoms in total. The highest BCUT2D eigenvalue weighted by molar-refractivity contribution is 6.31. The van der Waals surface area contributed by atoms with E-state index in [1.54, 1.807) is 36.4 Å². The summed E-state index contributed by atoms with van der Waals surface area (Å²) in [4.78, 5) is 23.4. The molecule has 2 rings (SSSR count). The molecule has 0 heterocycles. The van der Waals surface area contributed by atoms with E-state index in [1.165, 1.54) is 0 Å². The Bertz CT molecular complexity index is 559. The summed E-state index contributed by atoms with van der Waals surface area (Å²) in [7, 11) is 0. The lowest BCUT2D eigenvalue weighted by Gasteiger charge is -2.18. The largest absolute Gasteiger partial charge is 0.479 e. The summed E-state index contributed by atoms with van der Waals surface area (Å²) in [5.41, 5.74) is 6.05. The van der Waals surface area contributed by atoms with Gasteiger partial charge in [0.25, 0.3) is 0 Å². The number of aliphatic carboxylic acids is 1. The highest BCUT2D eigenvalue weighted by Gasteiger charge is 2.29. The van der Waals surface area contributed by atoms with E-state index in [9.17, 15) is 14.7 Å². The van der Waals surface area contributed by atoms with Crippen molar-refractivity contribution in [3.05, 3.63) is 47.0 Å². The first-order valence-corrected chi connectivity index (χ1v) is 6.58. The average molecular weight is 295 g/mol. The number of nitrogens with two attached hydrogens (primary N) is 1. The second-order valence-electron chi connectivity index (χ2n) is 4.69. The summed E-state index contributed by atoms with van der Waals surface area (Å²) in [6.07, 6.45) is 3.93. The molecular weight excluding hydrogens is 280 g/mol. The normalized spacial score (nSPS) is 22.5. The Labute approximate surface area is 121 Å². The zero-order chi connectivity index (χ0) is 14.7. The van der Waals surface area contributed by atoms with E-state index in [-0.39, 0.29) is 11.9 Å². The lowest BCUT2D eigenvalue weighted by Crippen LogP contribution is -2.37. The third-order valence-corrected chi connectivity index (χ3v) is 3.55. The molecule has 0 aromatic heterocycles. The van der Waals surface area contributed by atoms with Gasteiger partial charge in [0, 0.05) is 16.6 Å². The van der Waals surface area contributed by atoms with Gasteiger partial charge < -0.3 is 16.2 Å². The highest BCUT2D eigenvalue weighted by atomic mass is 35.5. The van der Waals surface area contributed by atoms with Crippen LogP contribution in [0.25, 0.3) is 0 Å². The number of carboxylic acids is 1. The smallest absolute Gasteiger partial charge is 0.330 e. The molecule has 2 unspecified atom stereocenters. The van der Waals surface area contributed by atoms with Crippen LogP contribution in [0.5, 0.6) is 0 Å². The van der Waals surface area contributed by atoms with Gasteiger partial charge in [0.05, 0.1) is 5.92 Å². The van der Waals surface area contributed by atoms with Crippen LogP contribution in [-0.4, -0.2) is 23.0 Å². The van der Waals surface area contributed by atoms with Crippen LogP contribution in [0.4, 0.5) is 0 Å². The van der Waals surface area contributed by atoms with E-state index in [0.29, 0.717) is 17.0 Å². The van der Waals surface area contributed by atoms with E-state index >= 15 is 0 Å². The molecule has 1 aliphatic carbocycles. The van der Waals surface area contributed by atoms with Crippen LogP contribution in [0.15, 0.2) is 36.4 Å². The van der Waals surface area contributed by atoms with Gasteiger partial charge in [0.15, 0.2) is 6.04 Å². The van der Waals surface area contributed by atoms with Gasteiger partial charge in [-0.25, -0.2) is 4.79 Å². The number of hydrogen-bond donors (Lipinski definition) is 3. The molecule has 1 aromatic carbocycles. The summed E-state index contributed by atoms with van der Waals surface area (Å²) in [5, 5.41) is 12.1. The van der Waals surface area contributed by atoms with E-state index in [2.05, 4.69) is 5.32 Å². The molecule has 1 amide bonds. The fourth-order valence-corrected chi connectivity index (χ4v) is 2.40. The number of nitrogens with one attached hydrogen (secondary N) is 1. The molecule has 0 spiro atoms. The molecule has 3 atom stereocenters. The maximum Gasteiger partial charge on any atom is 0.330 e. The van der Waals surface area contributed by atoms with Crippen LogP contribution in [0.3, 0.4) is 0 Å². The van der Waals surface area contributed by atoms with Crippen molar-refractivity contribution in [2.24, 2.45) is 11.7 Å². The van der Waals surface area contributed by atoms with Crippen molar-refractivity contribution in [2.45, 2.75) is 18.5 Å². The molecule has 1 aromatic rings. The molecule has 20 heavy (non-hydrogen) atoms. The van der Waals surface area contributed by atoms with Gasteiger partial charge in [-0.05, 0) is 12.5 Å². The zero-order valence-corrected chi connectivity index (χ0v) is 11.4. The standard InChI is InChI=1S/C14H15ClN2O3/c15-11-4-2-1-3-10(11)12(14(19)20)17-13(18)8-5-6-9(16)7-8/h1-6,8-9,12H,7,16H2,(H,17,18)(H,19,20)/t8?,9?,12-/m1/s1. The fourth-order valence-electron chi connectivity index (χ4n) is 2.15. The molecule has 0 aliphatic heterocycles. The van der Waals surface area contributed by atoms with Crippen molar-refractivity contribution < 1.29 is 14.7 Å². The summed E-state index contributed by atoms with van der Waals surface area (Å²) in [6, 6.07) is 5.22. The Kier molecular flexibility index (Phi) is 4.42. The molecule has 0 fully saturated rings. The van der Waals surface area contributed by atoms with Crippen molar-refractivity contribution in [1.29, 1.82) is 0 Å². The Balaban J connectivity index is 2.15. The first-order valence-electron chi connectivity index (χ1n) is 6.20. The predicted molar refractivity (Wildman–Crippen MR) is 75.2 cm³/mol. The zero-order valence-electron chi connectivity index (χ0n) is 10.6. The van der Waals surface area contributed by atoms with Crippen molar-refractivity contribution in [2.75, 3.05) is 0 Å². The molecule has 1 aliphatic rings. The molecule has 4 N–H and O–H groups in total. The Hall–Kier alpha value is -1.85. The maximum absolute atomic E-state index is 12.1. The van der Waals surface area contributed by atoms with Crippen molar-refractivity contribution >= 4 is 23.5 Å². The van der Waals surface area contributed by atoms with Crippen LogP contribution in [0.1, 0.15) is 18.0 Å². The Morgan fingerprint density at radius 1 is 1.35 bits per heavy atom. The number of halogens is 1. The molecular formula is C14H15ClN2O3. The number of amides is 1. The monoisotopic (exact) mass is 294 g/mol. The number of hydrogen-bond acceptors (Lipinski definition) is 3. The number of carbonyl (C=O) groups is 2. The quantitative estimate of drug-likeness (QED) is 0.734. The van der Waals surface area contributed by atoms with Gasteiger partial charge in [-0.15, -0.1) is 0 Å². The molecule has 0 bridgehead atoms. The van der Waals surface area contributed by atoms with Crippen molar-refractivity contribution in [3.8, 4) is 0 Å². The minimum Gasteiger partial charge on any atom is -0.479 e. The highest BCUT2D eigenvalue weighted by Crippen LogP contribution is 2.24. The lowest BCUT2D eigenvalue weighted by molar-refractivity contribution is -0.142. The third kappa shape index (κ3) is 3.18. The Morgan fingerprint density at radius 3 is 2.60 bits per heavy atom. The molecule has 6 heteroatoms. The van der Waals surface area contributed by atoms with Crippen LogP contribution in [0, 0.1) is 5.92 Å². The van der Waals surface area contributed by atoms with Gasteiger partial charge in [-0.2, -0.15) is 0 Å². The number of benzene rings is 1. The number of carbonyl (C=O) groups excluding carboxylic acids is 1. The molecule has 0 radical (unpaired) electrons. The molecule has 0 saturated heterocycles. The van der Waals surface area contributed by atoms with E-state index in [1.807, 2.05) is 0 Å². The van der Waals surface area contributed by atoms with Gasteiger partial charge in [0.2, 0.25) is 5.91 Å². The van der Waals surface area contributed by atoms with Crippen LogP contribution in [0.2, 0.25) is 5.02 Å². The SMILES string of the molecule is NC1C=CC(C(=O)N[C@@H](C(=O)O)c2ccccc2Cl)C1. The van der Waals surface area contributed by atoms with Crippen LogP contribution < -0.4 is 11.1 Å². The molecule has 106 valence electrons. The van der Waals surface area contributed by atoms with Gasteiger partial charge in [-0.1, -0.05) is 42.0 Å². The van der Waals surface area contributed by atoms with Crippen molar-refractivity contribution in [1.82, 2.24) is 5.32 Å². The lowest BCUT2D eigenvalue weighted by atomic mass is 10.0. The summed E-state index contributed by atoms with van der Waals surface area (Å²) >= 11 is 5.98. The number of carboxylic acid groups (broad SMARTS) is 1.